The van der Waals surface area contributed by atoms with E-state index >= 15 is 0 Å². The van der Waals surface area contributed by atoms with E-state index in [2.05, 4.69) is 28.9 Å². The second-order valence-electron chi connectivity index (χ2n) is 4.29. The van der Waals surface area contributed by atoms with Crippen LogP contribution in [0.3, 0.4) is 0 Å². The summed E-state index contributed by atoms with van der Waals surface area (Å²) in [6.07, 6.45) is 3.05. The fourth-order valence-electron chi connectivity index (χ4n) is 1.83. The third-order valence-corrected chi connectivity index (χ3v) is 3.64. The zero-order valence-electron chi connectivity index (χ0n) is 9.74. The molecule has 2 N–H and O–H groups in total. The Morgan fingerprint density at radius 2 is 2.24 bits per heavy atom. The van der Waals surface area contributed by atoms with Crippen molar-refractivity contribution < 1.29 is 4.79 Å². The van der Waals surface area contributed by atoms with Gasteiger partial charge in [-0.3, -0.25) is 4.79 Å². The van der Waals surface area contributed by atoms with Crippen LogP contribution in [0.1, 0.15) is 23.7 Å². The molecule has 0 fully saturated rings. The highest BCUT2D eigenvalue weighted by molar-refractivity contribution is 9.10. The van der Waals surface area contributed by atoms with E-state index in [0.29, 0.717) is 17.8 Å². The van der Waals surface area contributed by atoms with E-state index in [1.807, 2.05) is 11.0 Å². The SMILES string of the molecule is CC1=CCN(C(=O)c2cc(N)ccc2Br)CC1. The lowest BCUT2D eigenvalue weighted by Crippen LogP contribution is -2.34. The Kier molecular flexibility index (Phi) is 3.52. The van der Waals surface area contributed by atoms with Crippen molar-refractivity contribution in [3.05, 3.63) is 39.9 Å². The van der Waals surface area contributed by atoms with Crippen molar-refractivity contribution in [2.75, 3.05) is 18.8 Å². The maximum Gasteiger partial charge on any atom is 0.255 e. The number of hydrogen-bond donors (Lipinski definition) is 1. The first-order valence-electron chi connectivity index (χ1n) is 5.58. The summed E-state index contributed by atoms with van der Waals surface area (Å²) >= 11 is 3.39. The molecule has 0 saturated carbocycles. The molecule has 2 rings (SSSR count). The van der Waals surface area contributed by atoms with Gasteiger partial charge in [-0.15, -0.1) is 0 Å². The van der Waals surface area contributed by atoms with E-state index in [9.17, 15) is 4.79 Å². The maximum atomic E-state index is 12.3. The molecule has 0 unspecified atom stereocenters. The summed E-state index contributed by atoms with van der Waals surface area (Å²) in [5.74, 6) is 0.0351. The minimum atomic E-state index is 0.0351. The molecule has 1 aromatic rings. The third-order valence-electron chi connectivity index (χ3n) is 2.94. The van der Waals surface area contributed by atoms with Crippen LogP contribution in [0.2, 0.25) is 0 Å². The van der Waals surface area contributed by atoms with E-state index in [1.54, 1.807) is 12.1 Å². The Morgan fingerprint density at radius 1 is 1.47 bits per heavy atom. The number of nitrogen functional groups attached to an aromatic ring is 1. The average molecular weight is 295 g/mol. The quantitative estimate of drug-likeness (QED) is 0.639. The van der Waals surface area contributed by atoms with E-state index in [-0.39, 0.29) is 5.91 Å². The normalized spacial score (nSPS) is 15.6. The minimum Gasteiger partial charge on any atom is -0.399 e. The van der Waals surface area contributed by atoms with E-state index in [0.717, 1.165) is 17.4 Å². The van der Waals surface area contributed by atoms with Crippen LogP contribution < -0.4 is 5.73 Å². The molecule has 90 valence electrons. The van der Waals surface area contributed by atoms with Crippen molar-refractivity contribution in [3.63, 3.8) is 0 Å². The molecule has 0 aliphatic carbocycles. The molecular formula is C13H15BrN2O. The molecular weight excluding hydrogens is 280 g/mol. The van der Waals surface area contributed by atoms with E-state index in [4.69, 9.17) is 5.73 Å². The van der Waals surface area contributed by atoms with Crippen LogP contribution in [0.4, 0.5) is 5.69 Å². The molecule has 0 saturated heterocycles. The van der Waals surface area contributed by atoms with Gasteiger partial charge in [-0.25, -0.2) is 0 Å². The lowest BCUT2D eigenvalue weighted by Gasteiger charge is -2.26. The lowest BCUT2D eigenvalue weighted by molar-refractivity contribution is 0.0768. The summed E-state index contributed by atoms with van der Waals surface area (Å²) in [5, 5.41) is 0. The Labute approximate surface area is 109 Å². The third kappa shape index (κ3) is 2.69. The van der Waals surface area contributed by atoms with Gasteiger partial charge in [0.15, 0.2) is 0 Å². The molecule has 4 heteroatoms. The number of rotatable bonds is 1. The molecule has 0 spiro atoms. The second kappa shape index (κ2) is 4.92. The number of benzene rings is 1. The van der Waals surface area contributed by atoms with E-state index < -0.39 is 0 Å². The fourth-order valence-corrected chi connectivity index (χ4v) is 2.25. The molecule has 1 aliphatic heterocycles. The van der Waals surface area contributed by atoms with Gasteiger partial charge < -0.3 is 10.6 Å². The number of anilines is 1. The van der Waals surface area contributed by atoms with Crippen LogP contribution in [-0.2, 0) is 0 Å². The Bertz CT molecular complexity index is 482. The number of hydrogen-bond acceptors (Lipinski definition) is 2. The first-order chi connectivity index (χ1) is 8.08. The summed E-state index contributed by atoms with van der Waals surface area (Å²) in [5.41, 5.74) is 8.31. The summed E-state index contributed by atoms with van der Waals surface area (Å²) in [6, 6.07) is 5.31. The van der Waals surface area contributed by atoms with E-state index in [1.165, 1.54) is 5.57 Å². The van der Waals surface area contributed by atoms with Crippen molar-refractivity contribution >= 4 is 27.5 Å². The van der Waals surface area contributed by atoms with Crippen molar-refractivity contribution in [1.29, 1.82) is 0 Å². The Morgan fingerprint density at radius 3 is 2.88 bits per heavy atom. The van der Waals surface area contributed by atoms with Gasteiger partial charge in [0.25, 0.3) is 5.91 Å². The smallest absolute Gasteiger partial charge is 0.255 e. The first kappa shape index (κ1) is 12.2. The maximum absolute atomic E-state index is 12.3. The molecule has 3 nitrogen and oxygen atoms in total. The predicted octanol–water partition coefficient (Wildman–Crippen LogP) is 2.82. The summed E-state index contributed by atoms with van der Waals surface area (Å²) in [4.78, 5) is 14.1. The zero-order chi connectivity index (χ0) is 12.4. The number of nitrogens with zero attached hydrogens (tertiary/aromatic N) is 1. The highest BCUT2D eigenvalue weighted by Crippen LogP contribution is 2.22. The Balaban J connectivity index is 2.23. The average Bonchev–Trinajstić information content (AvgIpc) is 2.32. The van der Waals surface area contributed by atoms with Crippen LogP contribution in [0.15, 0.2) is 34.3 Å². The Hall–Kier alpha value is -1.29. The second-order valence-corrected chi connectivity index (χ2v) is 5.15. The number of nitrogens with two attached hydrogens (primary N) is 1. The number of carbonyl (C=O) groups excluding carboxylic acids is 1. The number of carbonyl (C=O) groups is 1. The molecule has 0 atom stereocenters. The van der Waals surface area contributed by atoms with Crippen molar-refractivity contribution in [3.8, 4) is 0 Å². The molecule has 1 amide bonds. The van der Waals surface area contributed by atoms with Crippen molar-refractivity contribution in [2.45, 2.75) is 13.3 Å². The molecule has 0 aromatic heterocycles. The standard InChI is InChI=1S/C13H15BrN2O/c1-9-4-6-16(7-5-9)13(17)11-8-10(15)2-3-12(11)14/h2-4,8H,5-7,15H2,1H3. The van der Waals surface area contributed by atoms with Gasteiger partial charge in [0.1, 0.15) is 0 Å². The lowest BCUT2D eigenvalue weighted by atomic mass is 10.1. The van der Waals surface area contributed by atoms with Crippen molar-refractivity contribution in [2.24, 2.45) is 0 Å². The topological polar surface area (TPSA) is 46.3 Å². The minimum absolute atomic E-state index is 0.0351. The van der Waals surface area contributed by atoms with Gasteiger partial charge in [-0.2, -0.15) is 0 Å². The molecule has 1 heterocycles. The number of halogens is 1. The molecule has 17 heavy (non-hydrogen) atoms. The monoisotopic (exact) mass is 294 g/mol. The van der Waals surface area contributed by atoms with Gasteiger partial charge in [0, 0.05) is 23.2 Å². The van der Waals surface area contributed by atoms with Gasteiger partial charge in [0.2, 0.25) is 0 Å². The van der Waals surface area contributed by atoms with Crippen LogP contribution in [0.25, 0.3) is 0 Å². The van der Waals surface area contributed by atoms with Crippen LogP contribution in [0.5, 0.6) is 0 Å². The first-order valence-corrected chi connectivity index (χ1v) is 6.37. The molecule has 0 bridgehead atoms. The zero-order valence-corrected chi connectivity index (χ0v) is 11.3. The predicted molar refractivity (Wildman–Crippen MR) is 72.8 cm³/mol. The van der Waals surface area contributed by atoms with Crippen LogP contribution >= 0.6 is 15.9 Å². The van der Waals surface area contributed by atoms with Crippen LogP contribution in [0, 0.1) is 0 Å². The molecule has 0 radical (unpaired) electrons. The number of amides is 1. The van der Waals surface area contributed by atoms with Gasteiger partial charge >= 0.3 is 0 Å². The highest BCUT2D eigenvalue weighted by Gasteiger charge is 2.19. The van der Waals surface area contributed by atoms with Gasteiger partial charge in [-0.1, -0.05) is 11.6 Å². The van der Waals surface area contributed by atoms with Gasteiger partial charge in [-0.05, 0) is 47.5 Å². The largest absolute Gasteiger partial charge is 0.399 e. The van der Waals surface area contributed by atoms with Crippen LogP contribution in [-0.4, -0.2) is 23.9 Å². The summed E-state index contributed by atoms with van der Waals surface area (Å²) in [7, 11) is 0. The molecule has 1 aliphatic rings. The summed E-state index contributed by atoms with van der Waals surface area (Å²) in [6.45, 7) is 3.56. The van der Waals surface area contributed by atoms with Gasteiger partial charge in [0.05, 0.1) is 5.56 Å². The summed E-state index contributed by atoms with van der Waals surface area (Å²) < 4.78 is 0.794. The highest BCUT2D eigenvalue weighted by atomic mass is 79.9. The fraction of sp³-hybridized carbons (Fsp3) is 0.308. The van der Waals surface area contributed by atoms with Crippen molar-refractivity contribution in [1.82, 2.24) is 4.90 Å². The molecule has 1 aromatic carbocycles.